The highest BCUT2D eigenvalue weighted by Gasteiger charge is 2.30. The van der Waals surface area contributed by atoms with Crippen molar-refractivity contribution in [2.45, 2.75) is 19.3 Å². The van der Waals surface area contributed by atoms with E-state index in [1.165, 1.54) is 12.1 Å². The number of benzene rings is 1. The van der Waals surface area contributed by atoms with Gasteiger partial charge in [-0.2, -0.15) is 0 Å². The van der Waals surface area contributed by atoms with Crippen molar-refractivity contribution in [3.05, 3.63) is 23.8 Å². The number of phenols is 2. The third-order valence-corrected chi connectivity index (χ3v) is 2.91. The Hall–Kier alpha value is -1.51. The number of carbonyl (C=O) groups excluding carboxylic acids is 1. The third kappa shape index (κ3) is 2.29. The zero-order valence-electron chi connectivity index (χ0n) is 8.39. The van der Waals surface area contributed by atoms with Crippen molar-refractivity contribution in [3.63, 3.8) is 0 Å². The minimum Gasteiger partial charge on any atom is -0.504 e. The molecule has 3 heteroatoms. The third-order valence-electron chi connectivity index (χ3n) is 2.91. The van der Waals surface area contributed by atoms with Crippen molar-refractivity contribution >= 4 is 6.29 Å². The van der Waals surface area contributed by atoms with Crippen LogP contribution in [0.2, 0.25) is 0 Å². The maximum absolute atomic E-state index is 10.8. The average Bonchev–Trinajstić information content (AvgIpc) is 3.03. The molecule has 0 radical (unpaired) electrons. The molecule has 0 amide bonds. The van der Waals surface area contributed by atoms with Gasteiger partial charge in [-0.25, -0.2) is 0 Å². The maximum atomic E-state index is 10.8. The zero-order valence-corrected chi connectivity index (χ0v) is 8.39. The quantitative estimate of drug-likeness (QED) is 0.584. The summed E-state index contributed by atoms with van der Waals surface area (Å²) in [6.07, 6.45) is 3.92. The smallest absolute Gasteiger partial charge is 0.157 e. The highest BCUT2D eigenvalue weighted by Crippen LogP contribution is 2.38. The standard InChI is InChI=1S/C12H14O3/c13-7-10(9-2-3-9)5-8-1-4-11(14)12(15)6-8/h1,4,6-7,9-10,14-15H,2-3,5H2. The lowest BCUT2D eigenvalue weighted by Crippen LogP contribution is -2.08. The van der Waals surface area contributed by atoms with Crippen LogP contribution in [0.25, 0.3) is 0 Å². The number of rotatable bonds is 4. The van der Waals surface area contributed by atoms with E-state index in [1.807, 2.05) is 0 Å². The lowest BCUT2D eigenvalue weighted by atomic mass is 9.96. The van der Waals surface area contributed by atoms with Gasteiger partial charge in [-0.1, -0.05) is 6.07 Å². The van der Waals surface area contributed by atoms with E-state index < -0.39 is 0 Å². The fraction of sp³-hybridized carbons (Fsp3) is 0.417. The topological polar surface area (TPSA) is 57.5 Å². The molecule has 2 rings (SSSR count). The highest BCUT2D eigenvalue weighted by atomic mass is 16.3. The molecule has 1 aliphatic carbocycles. The minimum absolute atomic E-state index is 0.0638. The van der Waals surface area contributed by atoms with Crippen LogP contribution < -0.4 is 0 Å². The summed E-state index contributed by atoms with van der Waals surface area (Å²) in [4.78, 5) is 10.8. The molecule has 1 atom stereocenters. The van der Waals surface area contributed by atoms with Crippen LogP contribution in [-0.2, 0) is 11.2 Å². The second-order valence-electron chi connectivity index (χ2n) is 4.16. The molecule has 15 heavy (non-hydrogen) atoms. The first-order valence-electron chi connectivity index (χ1n) is 5.17. The van der Waals surface area contributed by atoms with Crippen LogP contribution in [0.5, 0.6) is 11.5 Å². The van der Waals surface area contributed by atoms with Crippen molar-refractivity contribution < 1.29 is 15.0 Å². The molecule has 1 saturated carbocycles. The van der Waals surface area contributed by atoms with Gasteiger partial charge in [0, 0.05) is 5.92 Å². The molecule has 3 nitrogen and oxygen atoms in total. The van der Waals surface area contributed by atoms with Gasteiger partial charge in [0.2, 0.25) is 0 Å². The molecule has 0 aliphatic heterocycles. The van der Waals surface area contributed by atoms with Crippen LogP contribution in [0.4, 0.5) is 0 Å². The molecule has 0 bridgehead atoms. The molecule has 1 aromatic carbocycles. The first-order chi connectivity index (χ1) is 7.20. The van der Waals surface area contributed by atoms with E-state index in [9.17, 15) is 9.90 Å². The van der Waals surface area contributed by atoms with Crippen LogP contribution in [0.1, 0.15) is 18.4 Å². The van der Waals surface area contributed by atoms with Crippen LogP contribution in [0, 0.1) is 11.8 Å². The van der Waals surface area contributed by atoms with Gasteiger partial charge in [0.15, 0.2) is 11.5 Å². The van der Waals surface area contributed by atoms with E-state index in [1.54, 1.807) is 6.07 Å². The van der Waals surface area contributed by atoms with Gasteiger partial charge in [-0.05, 0) is 42.9 Å². The van der Waals surface area contributed by atoms with Crippen LogP contribution in [-0.4, -0.2) is 16.5 Å². The zero-order chi connectivity index (χ0) is 10.8. The first kappa shape index (κ1) is 10.0. The minimum atomic E-state index is -0.118. The second-order valence-corrected chi connectivity index (χ2v) is 4.16. The summed E-state index contributed by atoms with van der Waals surface area (Å²) in [6, 6.07) is 4.72. The normalized spacial score (nSPS) is 17.3. The Bertz CT molecular complexity index is 369. The summed E-state index contributed by atoms with van der Waals surface area (Å²) in [5, 5.41) is 18.4. The maximum Gasteiger partial charge on any atom is 0.157 e. The Labute approximate surface area is 88.4 Å². The van der Waals surface area contributed by atoms with Crippen molar-refractivity contribution in [2.75, 3.05) is 0 Å². The Morgan fingerprint density at radius 3 is 2.60 bits per heavy atom. The summed E-state index contributed by atoms with van der Waals surface area (Å²) < 4.78 is 0. The van der Waals surface area contributed by atoms with Gasteiger partial charge >= 0.3 is 0 Å². The van der Waals surface area contributed by atoms with E-state index in [0.717, 1.165) is 24.7 Å². The van der Waals surface area contributed by atoms with E-state index in [-0.39, 0.29) is 17.4 Å². The van der Waals surface area contributed by atoms with Crippen molar-refractivity contribution in [1.29, 1.82) is 0 Å². The lowest BCUT2D eigenvalue weighted by molar-refractivity contribution is -0.111. The Morgan fingerprint density at radius 2 is 2.07 bits per heavy atom. The molecule has 1 fully saturated rings. The van der Waals surface area contributed by atoms with E-state index in [4.69, 9.17) is 5.11 Å². The summed E-state index contributed by atoms with van der Waals surface area (Å²) in [6.45, 7) is 0. The van der Waals surface area contributed by atoms with E-state index in [0.29, 0.717) is 12.3 Å². The predicted molar refractivity (Wildman–Crippen MR) is 55.8 cm³/mol. The molecule has 1 unspecified atom stereocenters. The Morgan fingerprint density at radius 1 is 1.33 bits per heavy atom. The van der Waals surface area contributed by atoms with Gasteiger partial charge in [-0.3, -0.25) is 0 Å². The molecule has 80 valence electrons. The number of phenolic OH excluding ortho intramolecular Hbond substituents is 2. The van der Waals surface area contributed by atoms with Gasteiger partial charge in [0.1, 0.15) is 6.29 Å². The predicted octanol–water partition coefficient (Wildman–Crippen LogP) is 1.87. The summed E-state index contributed by atoms with van der Waals surface area (Å²) in [5.41, 5.74) is 0.898. The van der Waals surface area contributed by atoms with Crippen molar-refractivity contribution in [2.24, 2.45) is 11.8 Å². The van der Waals surface area contributed by atoms with Crippen molar-refractivity contribution in [3.8, 4) is 11.5 Å². The molecule has 1 aliphatic rings. The summed E-state index contributed by atoms with van der Waals surface area (Å²) >= 11 is 0. The number of aromatic hydroxyl groups is 2. The van der Waals surface area contributed by atoms with Crippen LogP contribution in [0.15, 0.2) is 18.2 Å². The number of hydrogen-bond acceptors (Lipinski definition) is 3. The molecule has 0 aromatic heterocycles. The van der Waals surface area contributed by atoms with Gasteiger partial charge < -0.3 is 15.0 Å². The number of hydrogen-bond donors (Lipinski definition) is 2. The Kier molecular flexibility index (Phi) is 2.62. The molecule has 1 aromatic rings. The highest BCUT2D eigenvalue weighted by molar-refractivity contribution is 5.56. The van der Waals surface area contributed by atoms with Crippen LogP contribution in [0.3, 0.4) is 0 Å². The number of carbonyl (C=O) groups is 1. The van der Waals surface area contributed by atoms with Gasteiger partial charge in [0.05, 0.1) is 0 Å². The van der Waals surface area contributed by atoms with Crippen molar-refractivity contribution in [1.82, 2.24) is 0 Å². The Balaban J connectivity index is 2.08. The fourth-order valence-corrected chi connectivity index (χ4v) is 1.82. The molecular formula is C12H14O3. The van der Waals surface area contributed by atoms with E-state index >= 15 is 0 Å². The molecule has 0 saturated heterocycles. The molecule has 0 heterocycles. The summed E-state index contributed by atoms with van der Waals surface area (Å²) in [5.74, 6) is 0.355. The largest absolute Gasteiger partial charge is 0.504 e. The number of aldehydes is 1. The lowest BCUT2D eigenvalue weighted by Gasteiger charge is -2.09. The van der Waals surface area contributed by atoms with Crippen LogP contribution >= 0.6 is 0 Å². The molecule has 2 N–H and O–H groups in total. The second kappa shape index (κ2) is 3.93. The molecule has 0 spiro atoms. The monoisotopic (exact) mass is 206 g/mol. The molecular weight excluding hydrogens is 192 g/mol. The fourth-order valence-electron chi connectivity index (χ4n) is 1.82. The summed E-state index contributed by atoms with van der Waals surface area (Å²) in [7, 11) is 0. The van der Waals surface area contributed by atoms with E-state index in [2.05, 4.69) is 0 Å². The average molecular weight is 206 g/mol. The SMILES string of the molecule is O=CC(Cc1ccc(O)c(O)c1)C1CC1. The van der Waals surface area contributed by atoms with Gasteiger partial charge in [0.25, 0.3) is 0 Å². The first-order valence-corrected chi connectivity index (χ1v) is 5.17. The van der Waals surface area contributed by atoms with Gasteiger partial charge in [-0.15, -0.1) is 0 Å².